The lowest BCUT2D eigenvalue weighted by Crippen LogP contribution is -2.44. The van der Waals surface area contributed by atoms with Crippen LogP contribution in [0.4, 0.5) is 18.0 Å². The molecule has 0 radical (unpaired) electrons. The summed E-state index contributed by atoms with van der Waals surface area (Å²) in [5.74, 6) is -2.06. The van der Waals surface area contributed by atoms with Crippen LogP contribution in [0.15, 0.2) is 10.9 Å². The first-order valence-corrected chi connectivity index (χ1v) is 10.1. The number of fused-ring (bicyclic) bond motifs is 1. The van der Waals surface area contributed by atoms with E-state index in [4.69, 9.17) is 9.90 Å². The van der Waals surface area contributed by atoms with Crippen molar-refractivity contribution < 1.29 is 27.9 Å². The van der Waals surface area contributed by atoms with Gasteiger partial charge in [-0.05, 0) is 33.4 Å². The maximum Gasteiger partial charge on any atom is 0.490 e. The van der Waals surface area contributed by atoms with Crippen LogP contribution in [0.25, 0.3) is 0 Å². The van der Waals surface area contributed by atoms with Crippen LogP contribution in [0.1, 0.15) is 43.6 Å². The number of urea groups is 1. The molecule has 0 atom stereocenters. The third-order valence-corrected chi connectivity index (χ3v) is 4.97. The fourth-order valence-electron chi connectivity index (χ4n) is 3.55. The van der Waals surface area contributed by atoms with Crippen LogP contribution < -0.4 is 10.9 Å². The lowest BCUT2D eigenvalue weighted by atomic mass is 10.2. The van der Waals surface area contributed by atoms with E-state index in [-0.39, 0.29) is 11.6 Å². The van der Waals surface area contributed by atoms with Crippen LogP contribution in [0, 0.1) is 0 Å². The first-order valence-electron chi connectivity index (χ1n) is 10.1. The van der Waals surface area contributed by atoms with Gasteiger partial charge in [0, 0.05) is 31.7 Å². The van der Waals surface area contributed by atoms with Gasteiger partial charge in [-0.25, -0.2) is 14.6 Å². The quantitative estimate of drug-likeness (QED) is 0.732. The molecule has 12 heteroatoms. The number of carboxylic acid groups (broad SMARTS) is 1. The van der Waals surface area contributed by atoms with Gasteiger partial charge in [0.15, 0.2) is 0 Å². The van der Waals surface area contributed by atoms with Crippen molar-refractivity contribution in [3.05, 3.63) is 27.9 Å². The Morgan fingerprint density at radius 1 is 1.23 bits per heavy atom. The maximum atomic E-state index is 12.6. The van der Waals surface area contributed by atoms with Crippen LogP contribution >= 0.6 is 0 Å². The number of hydrogen-bond acceptors (Lipinski definition) is 5. The smallest absolute Gasteiger partial charge is 0.475 e. The molecule has 0 unspecified atom stereocenters. The summed E-state index contributed by atoms with van der Waals surface area (Å²) < 4.78 is 33.4. The molecule has 0 spiro atoms. The minimum atomic E-state index is -5.08. The molecule has 2 amide bonds. The molecule has 2 aliphatic rings. The summed E-state index contributed by atoms with van der Waals surface area (Å²) in [5, 5.41) is 10.3. The van der Waals surface area contributed by atoms with Gasteiger partial charge in [-0.3, -0.25) is 9.36 Å². The molecule has 1 aromatic heterocycles. The molecule has 1 aliphatic heterocycles. The number of nitrogens with zero attached hydrogens (tertiary/aromatic N) is 4. The van der Waals surface area contributed by atoms with Crippen LogP contribution in [0.5, 0.6) is 0 Å². The predicted octanol–water partition coefficient (Wildman–Crippen LogP) is 1.80. The Morgan fingerprint density at radius 2 is 1.84 bits per heavy atom. The highest BCUT2D eigenvalue weighted by molar-refractivity contribution is 5.74. The SMILES string of the molecule is CN(C)Cc1cc(=O)n2c(n1)CN(C(=O)NC1CCCC1)CCC2.O=C(O)C(F)(F)F. The van der Waals surface area contributed by atoms with E-state index in [1.807, 2.05) is 19.0 Å². The summed E-state index contributed by atoms with van der Waals surface area (Å²) in [6.45, 7) is 2.30. The molecule has 1 aromatic rings. The third kappa shape index (κ3) is 7.53. The van der Waals surface area contributed by atoms with E-state index < -0.39 is 12.1 Å². The fraction of sp³-hybridized carbons (Fsp3) is 0.684. The molecule has 3 rings (SSSR count). The number of aromatic nitrogens is 2. The zero-order valence-electron chi connectivity index (χ0n) is 17.6. The van der Waals surface area contributed by atoms with Gasteiger partial charge in [0.05, 0.1) is 12.2 Å². The predicted molar refractivity (Wildman–Crippen MR) is 105 cm³/mol. The maximum absolute atomic E-state index is 12.6. The first kappa shape index (κ1) is 24.6. The van der Waals surface area contributed by atoms with Gasteiger partial charge >= 0.3 is 18.2 Å². The minimum Gasteiger partial charge on any atom is -0.475 e. The van der Waals surface area contributed by atoms with Gasteiger partial charge in [-0.1, -0.05) is 12.8 Å². The molecular weight excluding hydrogens is 419 g/mol. The lowest BCUT2D eigenvalue weighted by molar-refractivity contribution is -0.192. The number of amides is 2. The van der Waals surface area contributed by atoms with Crippen LogP contribution in [0.3, 0.4) is 0 Å². The van der Waals surface area contributed by atoms with Crippen molar-refractivity contribution in [3.63, 3.8) is 0 Å². The summed E-state index contributed by atoms with van der Waals surface area (Å²) in [7, 11) is 3.90. The first-order chi connectivity index (χ1) is 14.5. The van der Waals surface area contributed by atoms with E-state index >= 15 is 0 Å². The van der Waals surface area contributed by atoms with Crippen molar-refractivity contribution in [2.45, 2.75) is 64.0 Å². The normalized spacial score (nSPS) is 16.9. The van der Waals surface area contributed by atoms with Crippen molar-refractivity contribution in [1.82, 2.24) is 24.7 Å². The monoisotopic (exact) mass is 447 g/mol. The fourth-order valence-corrected chi connectivity index (χ4v) is 3.55. The second-order valence-electron chi connectivity index (χ2n) is 7.90. The number of hydrogen-bond donors (Lipinski definition) is 2. The second kappa shape index (κ2) is 10.6. The zero-order valence-corrected chi connectivity index (χ0v) is 17.6. The van der Waals surface area contributed by atoms with Gasteiger partial charge in [0.2, 0.25) is 0 Å². The highest BCUT2D eigenvalue weighted by Crippen LogP contribution is 2.18. The standard InChI is InChI=1S/C17H27N5O2.C2HF3O2/c1-20(2)11-14-10-16(23)22-9-5-8-21(12-15(22)18-14)17(24)19-13-6-3-4-7-13;3-2(4,5)1(6)7/h10,13H,3-9,11-12H2,1-2H3,(H,19,24);(H,6,7). The Balaban J connectivity index is 0.000000423. The summed E-state index contributed by atoms with van der Waals surface area (Å²) in [5.41, 5.74) is 0.740. The number of carboxylic acids is 1. The molecule has 0 saturated heterocycles. The van der Waals surface area contributed by atoms with Crippen LogP contribution in [-0.4, -0.2) is 69.3 Å². The Morgan fingerprint density at radius 3 is 2.39 bits per heavy atom. The van der Waals surface area contributed by atoms with Gasteiger partial charge in [-0.15, -0.1) is 0 Å². The average Bonchev–Trinajstić information content (AvgIpc) is 3.05. The van der Waals surface area contributed by atoms with E-state index in [2.05, 4.69) is 10.3 Å². The van der Waals surface area contributed by atoms with Crippen LogP contribution in [0.2, 0.25) is 0 Å². The summed E-state index contributed by atoms with van der Waals surface area (Å²) in [6.07, 6.45) is 0.221. The number of carbonyl (C=O) groups is 2. The zero-order chi connectivity index (χ0) is 23.2. The number of aliphatic carboxylic acids is 1. The topological polar surface area (TPSA) is 108 Å². The van der Waals surface area contributed by atoms with Gasteiger partial charge in [0.1, 0.15) is 5.82 Å². The van der Waals surface area contributed by atoms with E-state index in [1.54, 1.807) is 15.5 Å². The summed E-state index contributed by atoms with van der Waals surface area (Å²) in [4.78, 5) is 42.2. The van der Waals surface area contributed by atoms with Gasteiger partial charge in [0.25, 0.3) is 5.56 Å². The number of alkyl halides is 3. The molecular formula is C19H28F3N5O4. The number of nitrogens with one attached hydrogen (secondary N) is 1. The van der Waals surface area contributed by atoms with E-state index in [0.717, 1.165) is 25.0 Å². The van der Waals surface area contributed by atoms with E-state index in [9.17, 15) is 22.8 Å². The molecule has 174 valence electrons. The highest BCUT2D eigenvalue weighted by Gasteiger charge is 2.38. The molecule has 1 fully saturated rings. The van der Waals surface area contributed by atoms with Crippen LogP contribution in [-0.2, 0) is 24.4 Å². The molecule has 31 heavy (non-hydrogen) atoms. The Bertz CT molecular complexity index is 835. The van der Waals surface area contributed by atoms with Gasteiger partial charge < -0.3 is 20.2 Å². The second-order valence-corrected chi connectivity index (χ2v) is 7.90. The molecule has 0 bridgehead atoms. The third-order valence-electron chi connectivity index (χ3n) is 4.97. The lowest BCUT2D eigenvalue weighted by Gasteiger charge is -2.23. The van der Waals surface area contributed by atoms with Crippen molar-refractivity contribution in [1.29, 1.82) is 0 Å². The van der Waals surface area contributed by atoms with Crippen molar-refractivity contribution >= 4 is 12.0 Å². The number of halogens is 3. The average molecular weight is 447 g/mol. The minimum absolute atomic E-state index is 0.0186. The molecule has 2 N–H and O–H groups in total. The summed E-state index contributed by atoms with van der Waals surface area (Å²) >= 11 is 0. The highest BCUT2D eigenvalue weighted by atomic mass is 19.4. The largest absolute Gasteiger partial charge is 0.490 e. The Labute approximate surface area is 177 Å². The van der Waals surface area contributed by atoms with Crippen molar-refractivity contribution in [2.75, 3.05) is 20.6 Å². The van der Waals surface area contributed by atoms with E-state index in [1.165, 1.54) is 12.8 Å². The van der Waals surface area contributed by atoms with Gasteiger partial charge in [-0.2, -0.15) is 13.2 Å². The number of rotatable bonds is 3. The molecule has 1 saturated carbocycles. The van der Waals surface area contributed by atoms with E-state index in [0.29, 0.717) is 38.0 Å². The number of carbonyl (C=O) groups excluding carboxylic acids is 1. The van der Waals surface area contributed by atoms with Crippen molar-refractivity contribution in [2.24, 2.45) is 0 Å². The Kier molecular flexibility index (Phi) is 8.43. The van der Waals surface area contributed by atoms with Crippen molar-refractivity contribution in [3.8, 4) is 0 Å². The summed E-state index contributed by atoms with van der Waals surface area (Å²) in [6, 6.07) is 1.89. The molecule has 2 heterocycles. The molecule has 0 aromatic carbocycles. The molecule has 1 aliphatic carbocycles. The molecule has 9 nitrogen and oxygen atoms in total. The Hall–Kier alpha value is -2.63.